The number of nitrogens with zero attached hydrogens (tertiary/aromatic N) is 4. The first-order valence-electron chi connectivity index (χ1n) is 7.62. The van der Waals surface area contributed by atoms with Gasteiger partial charge in [0.2, 0.25) is 0 Å². The maximum Gasteiger partial charge on any atom is 0.169 e. The molecule has 0 aromatic carbocycles. The molecule has 1 aromatic rings. The smallest absolute Gasteiger partial charge is 0.169 e. The molecule has 0 aliphatic carbocycles. The van der Waals surface area contributed by atoms with Crippen LogP contribution >= 0.6 is 0 Å². The number of anilines is 1. The number of morpholine rings is 1. The molecule has 1 aliphatic rings. The second kappa shape index (κ2) is 7.04. The van der Waals surface area contributed by atoms with Gasteiger partial charge in [-0.3, -0.25) is 4.90 Å². The molecule has 1 aromatic heterocycles. The minimum Gasteiger partial charge on any atom is -0.381 e. The fraction of sp³-hybridized carbons (Fsp3) is 0.857. The molecular formula is C14H27N5O. The highest BCUT2D eigenvalue weighted by Crippen LogP contribution is 2.14. The first kappa shape index (κ1) is 15.3. The van der Waals surface area contributed by atoms with Crippen molar-refractivity contribution in [2.45, 2.75) is 46.3 Å². The van der Waals surface area contributed by atoms with Gasteiger partial charge in [-0.25, -0.2) is 4.68 Å². The molecule has 20 heavy (non-hydrogen) atoms. The van der Waals surface area contributed by atoms with Crippen molar-refractivity contribution < 1.29 is 4.74 Å². The lowest BCUT2D eigenvalue weighted by atomic mass is 10.1. The molecule has 1 unspecified atom stereocenters. The summed E-state index contributed by atoms with van der Waals surface area (Å²) >= 11 is 0. The number of hydrogen-bond donors (Lipinski definition) is 1. The van der Waals surface area contributed by atoms with Gasteiger partial charge in [-0.1, -0.05) is 32.4 Å². The number of ether oxygens (including phenoxy) is 1. The van der Waals surface area contributed by atoms with Crippen LogP contribution in [0.3, 0.4) is 0 Å². The number of hydrogen-bond acceptors (Lipinski definition) is 5. The highest BCUT2D eigenvalue weighted by Gasteiger charge is 2.23. The molecule has 1 saturated heterocycles. The Bertz CT molecular complexity index is 418. The number of aromatic nitrogens is 3. The first-order chi connectivity index (χ1) is 9.60. The zero-order valence-corrected chi connectivity index (χ0v) is 12.9. The summed E-state index contributed by atoms with van der Waals surface area (Å²) in [6.45, 7) is 11.3. The predicted octanol–water partition coefficient (Wildman–Crippen LogP) is 1.17. The quantitative estimate of drug-likeness (QED) is 0.847. The molecular weight excluding hydrogens is 254 g/mol. The monoisotopic (exact) mass is 281 g/mol. The van der Waals surface area contributed by atoms with E-state index in [-0.39, 0.29) is 6.10 Å². The van der Waals surface area contributed by atoms with Crippen LogP contribution in [0.4, 0.5) is 5.82 Å². The highest BCUT2D eigenvalue weighted by atomic mass is 16.5. The molecule has 0 saturated carbocycles. The van der Waals surface area contributed by atoms with E-state index in [1.807, 2.05) is 4.68 Å². The molecule has 114 valence electrons. The normalized spacial score (nSPS) is 20.7. The van der Waals surface area contributed by atoms with Crippen LogP contribution in [0.2, 0.25) is 0 Å². The summed E-state index contributed by atoms with van der Waals surface area (Å²) < 4.78 is 7.78. The first-order valence-corrected chi connectivity index (χ1v) is 7.62. The zero-order valence-electron chi connectivity index (χ0n) is 12.9. The Balaban J connectivity index is 1.95. The van der Waals surface area contributed by atoms with E-state index in [0.29, 0.717) is 11.7 Å². The van der Waals surface area contributed by atoms with Crippen molar-refractivity contribution >= 4 is 5.82 Å². The third kappa shape index (κ3) is 3.93. The van der Waals surface area contributed by atoms with Crippen molar-refractivity contribution in [3.05, 3.63) is 5.69 Å². The second-order valence-electron chi connectivity index (χ2n) is 6.00. The van der Waals surface area contributed by atoms with Crippen molar-refractivity contribution in [3.63, 3.8) is 0 Å². The molecule has 1 aliphatic heterocycles. The summed E-state index contributed by atoms with van der Waals surface area (Å²) in [4.78, 5) is 2.47. The van der Waals surface area contributed by atoms with Crippen LogP contribution in [0.25, 0.3) is 0 Å². The third-order valence-corrected chi connectivity index (χ3v) is 3.58. The summed E-state index contributed by atoms with van der Waals surface area (Å²) in [6, 6.07) is 0. The zero-order chi connectivity index (χ0) is 14.5. The molecule has 0 spiro atoms. The molecule has 2 heterocycles. The van der Waals surface area contributed by atoms with E-state index < -0.39 is 0 Å². The Kier molecular flexibility index (Phi) is 5.37. The van der Waals surface area contributed by atoms with Crippen molar-refractivity contribution in [1.29, 1.82) is 0 Å². The molecule has 1 atom stereocenters. The lowest BCUT2D eigenvalue weighted by Gasteiger charge is -2.33. The molecule has 0 radical (unpaired) electrons. The van der Waals surface area contributed by atoms with Crippen LogP contribution in [0.15, 0.2) is 0 Å². The largest absolute Gasteiger partial charge is 0.381 e. The average Bonchev–Trinajstić information content (AvgIpc) is 2.72. The van der Waals surface area contributed by atoms with Crippen LogP contribution in [0.5, 0.6) is 0 Å². The minimum absolute atomic E-state index is 0.180. The fourth-order valence-corrected chi connectivity index (χ4v) is 2.75. The van der Waals surface area contributed by atoms with E-state index in [0.717, 1.165) is 51.3 Å². The molecule has 2 rings (SSSR count). The van der Waals surface area contributed by atoms with Crippen LogP contribution < -0.4 is 5.73 Å². The van der Waals surface area contributed by atoms with Gasteiger partial charge in [-0.2, -0.15) is 0 Å². The second-order valence-corrected chi connectivity index (χ2v) is 6.00. The SMILES string of the molecule is CCCc1c(N)nnn1CC1CN(CC(C)C)CCO1. The summed E-state index contributed by atoms with van der Waals surface area (Å²) in [5.41, 5.74) is 6.92. The number of rotatable bonds is 6. The van der Waals surface area contributed by atoms with E-state index in [1.54, 1.807) is 0 Å². The number of nitrogens with two attached hydrogens (primary N) is 1. The summed E-state index contributed by atoms with van der Waals surface area (Å²) in [5, 5.41) is 8.15. The van der Waals surface area contributed by atoms with Gasteiger partial charge in [0.1, 0.15) is 0 Å². The predicted molar refractivity (Wildman–Crippen MR) is 79.4 cm³/mol. The van der Waals surface area contributed by atoms with E-state index in [1.165, 1.54) is 0 Å². The fourth-order valence-electron chi connectivity index (χ4n) is 2.75. The van der Waals surface area contributed by atoms with Gasteiger partial charge < -0.3 is 10.5 Å². The minimum atomic E-state index is 0.180. The van der Waals surface area contributed by atoms with Gasteiger partial charge in [0.05, 0.1) is 24.9 Å². The van der Waals surface area contributed by atoms with E-state index >= 15 is 0 Å². The van der Waals surface area contributed by atoms with Crippen molar-refractivity contribution in [1.82, 2.24) is 19.9 Å². The van der Waals surface area contributed by atoms with Crippen LogP contribution in [-0.4, -0.2) is 52.2 Å². The van der Waals surface area contributed by atoms with E-state index in [9.17, 15) is 0 Å². The molecule has 6 nitrogen and oxygen atoms in total. The highest BCUT2D eigenvalue weighted by molar-refractivity contribution is 5.32. The van der Waals surface area contributed by atoms with Gasteiger partial charge >= 0.3 is 0 Å². The Morgan fingerprint density at radius 3 is 2.95 bits per heavy atom. The Labute approximate surface area is 121 Å². The Morgan fingerprint density at radius 2 is 2.25 bits per heavy atom. The van der Waals surface area contributed by atoms with Gasteiger partial charge in [0.25, 0.3) is 0 Å². The van der Waals surface area contributed by atoms with E-state index in [2.05, 4.69) is 36.0 Å². The van der Waals surface area contributed by atoms with Gasteiger partial charge in [0.15, 0.2) is 5.82 Å². The molecule has 0 amide bonds. The van der Waals surface area contributed by atoms with Crippen LogP contribution in [-0.2, 0) is 17.7 Å². The van der Waals surface area contributed by atoms with Crippen molar-refractivity contribution in [2.24, 2.45) is 5.92 Å². The Hall–Kier alpha value is -1.14. The van der Waals surface area contributed by atoms with E-state index in [4.69, 9.17) is 10.5 Å². The van der Waals surface area contributed by atoms with Crippen LogP contribution in [0.1, 0.15) is 32.9 Å². The molecule has 6 heteroatoms. The molecule has 2 N–H and O–H groups in total. The maximum absolute atomic E-state index is 5.88. The molecule has 0 bridgehead atoms. The van der Waals surface area contributed by atoms with Crippen molar-refractivity contribution in [3.8, 4) is 0 Å². The lowest BCUT2D eigenvalue weighted by molar-refractivity contribution is -0.0409. The average molecular weight is 281 g/mol. The summed E-state index contributed by atoms with van der Waals surface area (Å²) in [7, 11) is 0. The van der Waals surface area contributed by atoms with Gasteiger partial charge in [0, 0.05) is 19.6 Å². The van der Waals surface area contributed by atoms with Gasteiger partial charge in [-0.15, -0.1) is 5.10 Å². The number of nitrogen functional groups attached to an aromatic ring is 1. The van der Waals surface area contributed by atoms with Gasteiger partial charge in [-0.05, 0) is 12.3 Å². The summed E-state index contributed by atoms with van der Waals surface area (Å²) in [6.07, 6.45) is 2.14. The third-order valence-electron chi connectivity index (χ3n) is 3.58. The van der Waals surface area contributed by atoms with Crippen LogP contribution in [0, 0.1) is 5.92 Å². The maximum atomic E-state index is 5.88. The lowest BCUT2D eigenvalue weighted by Crippen LogP contribution is -2.45. The standard InChI is InChI=1S/C14H27N5O/c1-4-5-13-14(15)16-17-19(13)10-12-9-18(6-7-20-12)8-11(2)3/h11-12H,4-10,15H2,1-3H3. The topological polar surface area (TPSA) is 69.2 Å². The Morgan fingerprint density at radius 1 is 1.45 bits per heavy atom. The molecule has 1 fully saturated rings. The summed E-state index contributed by atoms with van der Waals surface area (Å²) in [5.74, 6) is 1.24. The van der Waals surface area contributed by atoms with Crippen molar-refractivity contribution in [2.75, 3.05) is 32.0 Å².